The van der Waals surface area contributed by atoms with Crippen LogP contribution < -0.4 is 11.1 Å². The molecule has 2 amide bonds. The van der Waals surface area contributed by atoms with Crippen LogP contribution in [0.5, 0.6) is 11.5 Å². The fraction of sp³-hybridized carbons (Fsp3) is 0.429. The van der Waals surface area contributed by atoms with E-state index < -0.39 is 17.6 Å². The van der Waals surface area contributed by atoms with Crippen molar-refractivity contribution in [2.75, 3.05) is 19.6 Å². The van der Waals surface area contributed by atoms with E-state index in [4.69, 9.17) is 5.73 Å². The Balaban J connectivity index is 2.28. The number of hydrogen-bond donors (Lipinski definition) is 4. The molecular weight excluding hydrogens is 274 g/mol. The highest BCUT2D eigenvalue weighted by molar-refractivity contribution is 5.99. The Labute approximate surface area is 122 Å². The molecular formula is C14H19N3O4. The molecule has 1 fully saturated rings. The first-order valence-corrected chi connectivity index (χ1v) is 6.81. The van der Waals surface area contributed by atoms with Gasteiger partial charge in [0, 0.05) is 6.04 Å². The number of primary amides is 1. The monoisotopic (exact) mass is 293 g/mol. The summed E-state index contributed by atoms with van der Waals surface area (Å²) in [7, 11) is 0. The molecule has 21 heavy (non-hydrogen) atoms. The smallest absolute Gasteiger partial charge is 0.258 e. The molecule has 7 heteroatoms. The van der Waals surface area contributed by atoms with Crippen molar-refractivity contribution in [3.05, 3.63) is 23.8 Å². The Kier molecular flexibility index (Phi) is 4.64. The lowest BCUT2D eigenvalue weighted by Gasteiger charge is -2.34. The first-order chi connectivity index (χ1) is 10.0. The van der Waals surface area contributed by atoms with Gasteiger partial charge in [0.25, 0.3) is 5.91 Å². The SMILES string of the molecule is NC(=O)CN(C(=O)c1cccc(O)c1O)C1CCNCC1. The fourth-order valence-electron chi connectivity index (χ4n) is 2.51. The number of hydrogen-bond acceptors (Lipinski definition) is 5. The molecule has 1 saturated heterocycles. The van der Waals surface area contributed by atoms with E-state index in [2.05, 4.69) is 5.32 Å². The second-order valence-electron chi connectivity index (χ2n) is 5.05. The van der Waals surface area contributed by atoms with Gasteiger partial charge in [-0.05, 0) is 38.1 Å². The van der Waals surface area contributed by atoms with Crippen LogP contribution in [0.25, 0.3) is 0 Å². The second kappa shape index (κ2) is 6.45. The highest BCUT2D eigenvalue weighted by Crippen LogP contribution is 2.30. The van der Waals surface area contributed by atoms with Crippen LogP contribution in [-0.4, -0.2) is 52.6 Å². The molecule has 5 N–H and O–H groups in total. The number of nitrogens with one attached hydrogen (secondary N) is 1. The summed E-state index contributed by atoms with van der Waals surface area (Å²) in [6.07, 6.45) is 1.41. The molecule has 0 radical (unpaired) electrons. The zero-order valence-corrected chi connectivity index (χ0v) is 11.6. The number of nitrogens with two attached hydrogens (primary N) is 1. The highest BCUT2D eigenvalue weighted by atomic mass is 16.3. The minimum absolute atomic E-state index is 0.0326. The largest absolute Gasteiger partial charge is 0.504 e. The predicted molar refractivity (Wildman–Crippen MR) is 75.9 cm³/mol. The normalized spacial score (nSPS) is 15.6. The topological polar surface area (TPSA) is 116 Å². The summed E-state index contributed by atoms with van der Waals surface area (Å²) in [5.41, 5.74) is 5.19. The van der Waals surface area contributed by atoms with Gasteiger partial charge in [0.2, 0.25) is 5.91 Å². The first kappa shape index (κ1) is 15.1. The van der Waals surface area contributed by atoms with Gasteiger partial charge in [0.05, 0.1) is 12.1 Å². The molecule has 1 aliphatic heterocycles. The van der Waals surface area contributed by atoms with Gasteiger partial charge in [0.1, 0.15) is 0 Å². The number of phenolic OH excluding ortho intramolecular Hbond substituents is 2. The fourth-order valence-corrected chi connectivity index (χ4v) is 2.51. The molecule has 0 unspecified atom stereocenters. The van der Waals surface area contributed by atoms with Gasteiger partial charge in [-0.2, -0.15) is 0 Å². The molecule has 114 valence electrons. The Morgan fingerprint density at radius 3 is 2.57 bits per heavy atom. The van der Waals surface area contributed by atoms with Gasteiger partial charge in [-0.25, -0.2) is 0 Å². The Morgan fingerprint density at radius 2 is 1.95 bits per heavy atom. The average molecular weight is 293 g/mol. The number of carbonyl (C=O) groups excluding carboxylic acids is 2. The third-order valence-electron chi connectivity index (χ3n) is 3.58. The number of nitrogens with zero attached hydrogens (tertiary/aromatic N) is 1. The molecule has 0 aliphatic carbocycles. The summed E-state index contributed by atoms with van der Waals surface area (Å²) in [5, 5.41) is 22.5. The van der Waals surface area contributed by atoms with Crippen molar-refractivity contribution in [1.82, 2.24) is 10.2 Å². The molecule has 0 spiro atoms. The first-order valence-electron chi connectivity index (χ1n) is 6.81. The summed E-state index contributed by atoms with van der Waals surface area (Å²) in [6, 6.07) is 4.04. The van der Waals surface area contributed by atoms with Crippen LogP contribution in [0.1, 0.15) is 23.2 Å². The summed E-state index contributed by atoms with van der Waals surface area (Å²) in [4.78, 5) is 25.2. The molecule has 0 bridgehead atoms. The van der Waals surface area contributed by atoms with Crippen LogP contribution in [0.15, 0.2) is 18.2 Å². The van der Waals surface area contributed by atoms with E-state index >= 15 is 0 Å². The lowest BCUT2D eigenvalue weighted by molar-refractivity contribution is -0.119. The maximum absolute atomic E-state index is 12.6. The molecule has 0 saturated carbocycles. The van der Waals surface area contributed by atoms with Crippen molar-refractivity contribution >= 4 is 11.8 Å². The molecule has 1 aliphatic rings. The Morgan fingerprint density at radius 1 is 1.29 bits per heavy atom. The summed E-state index contributed by atoms with van der Waals surface area (Å²) < 4.78 is 0. The van der Waals surface area contributed by atoms with Crippen LogP contribution in [0.4, 0.5) is 0 Å². The maximum Gasteiger partial charge on any atom is 0.258 e. The van der Waals surface area contributed by atoms with E-state index in [-0.39, 0.29) is 23.9 Å². The van der Waals surface area contributed by atoms with Crippen molar-refractivity contribution in [1.29, 1.82) is 0 Å². The van der Waals surface area contributed by atoms with Gasteiger partial charge in [0.15, 0.2) is 11.5 Å². The zero-order chi connectivity index (χ0) is 15.4. The third kappa shape index (κ3) is 3.43. The van der Waals surface area contributed by atoms with Crippen LogP contribution >= 0.6 is 0 Å². The van der Waals surface area contributed by atoms with Crippen LogP contribution in [-0.2, 0) is 4.79 Å². The molecule has 0 aromatic heterocycles. The quantitative estimate of drug-likeness (QED) is 0.573. The van der Waals surface area contributed by atoms with E-state index in [1.54, 1.807) is 0 Å². The molecule has 2 rings (SSSR count). The number of phenols is 2. The summed E-state index contributed by atoms with van der Waals surface area (Å²) in [5.74, 6) is -1.97. The zero-order valence-electron chi connectivity index (χ0n) is 11.6. The van der Waals surface area contributed by atoms with Crippen molar-refractivity contribution in [3.8, 4) is 11.5 Å². The van der Waals surface area contributed by atoms with Gasteiger partial charge in [-0.1, -0.05) is 6.07 Å². The highest BCUT2D eigenvalue weighted by Gasteiger charge is 2.29. The predicted octanol–water partition coefficient (Wildman–Crippen LogP) is -0.223. The number of piperidine rings is 1. The Hall–Kier alpha value is -2.28. The summed E-state index contributed by atoms with van der Waals surface area (Å²) in [6.45, 7) is 1.29. The minimum Gasteiger partial charge on any atom is -0.504 e. The van der Waals surface area contributed by atoms with Gasteiger partial charge in [-0.15, -0.1) is 0 Å². The van der Waals surface area contributed by atoms with Gasteiger partial charge >= 0.3 is 0 Å². The number of aromatic hydroxyl groups is 2. The van der Waals surface area contributed by atoms with E-state index in [0.717, 1.165) is 13.1 Å². The van der Waals surface area contributed by atoms with Crippen molar-refractivity contribution < 1.29 is 19.8 Å². The van der Waals surface area contributed by atoms with Gasteiger partial charge < -0.3 is 26.2 Å². The van der Waals surface area contributed by atoms with Crippen LogP contribution in [0.2, 0.25) is 0 Å². The third-order valence-corrected chi connectivity index (χ3v) is 3.58. The van der Waals surface area contributed by atoms with E-state index in [1.165, 1.54) is 23.1 Å². The standard InChI is InChI=1S/C14H19N3O4/c15-12(19)8-17(9-4-6-16-7-5-9)14(21)10-2-1-3-11(18)13(10)20/h1-3,9,16,18,20H,4-8H2,(H2,15,19). The summed E-state index contributed by atoms with van der Waals surface area (Å²) >= 11 is 0. The molecule has 1 heterocycles. The van der Waals surface area contributed by atoms with E-state index in [0.29, 0.717) is 12.8 Å². The minimum atomic E-state index is -0.610. The lowest BCUT2D eigenvalue weighted by Crippen LogP contribution is -2.49. The van der Waals surface area contributed by atoms with Crippen LogP contribution in [0.3, 0.4) is 0 Å². The van der Waals surface area contributed by atoms with E-state index in [1.807, 2.05) is 0 Å². The second-order valence-corrected chi connectivity index (χ2v) is 5.05. The maximum atomic E-state index is 12.6. The number of para-hydroxylation sites is 1. The van der Waals surface area contributed by atoms with Crippen molar-refractivity contribution in [3.63, 3.8) is 0 Å². The Bertz CT molecular complexity index is 541. The molecule has 1 aromatic carbocycles. The lowest BCUT2D eigenvalue weighted by atomic mass is 10.0. The molecule has 0 atom stereocenters. The molecule has 1 aromatic rings. The molecule has 7 nitrogen and oxygen atoms in total. The number of rotatable bonds is 4. The van der Waals surface area contributed by atoms with E-state index in [9.17, 15) is 19.8 Å². The average Bonchev–Trinajstić information content (AvgIpc) is 2.48. The number of carbonyl (C=O) groups is 2. The van der Waals surface area contributed by atoms with Crippen molar-refractivity contribution in [2.24, 2.45) is 5.73 Å². The van der Waals surface area contributed by atoms with Crippen molar-refractivity contribution in [2.45, 2.75) is 18.9 Å². The van der Waals surface area contributed by atoms with Crippen LogP contribution in [0, 0.1) is 0 Å². The number of amides is 2. The number of benzene rings is 1. The van der Waals surface area contributed by atoms with Gasteiger partial charge in [-0.3, -0.25) is 9.59 Å².